The molecule has 0 fully saturated rings. The Kier molecular flexibility index (Phi) is 6.78. The first-order chi connectivity index (χ1) is 13.5. The Morgan fingerprint density at radius 3 is 2.39 bits per heavy atom. The summed E-state index contributed by atoms with van der Waals surface area (Å²) in [5, 5.41) is 3.24. The molecule has 1 aromatic carbocycles. The van der Waals surface area contributed by atoms with Gasteiger partial charge in [0, 0.05) is 13.0 Å². The second kappa shape index (κ2) is 9.28. The predicted molar refractivity (Wildman–Crippen MR) is 111 cm³/mol. The second-order valence-corrected chi connectivity index (χ2v) is 7.69. The molecule has 0 amide bonds. The number of halogens is 1. The van der Waals surface area contributed by atoms with Crippen molar-refractivity contribution < 1.29 is 14.3 Å². The van der Waals surface area contributed by atoms with E-state index in [1.807, 2.05) is 24.3 Å². The van der Waals surface area contributed by atoms with E-state index in [2.05, 4.69) is 26.2 Å². The summed E-state index contributed by atoms with van der Waals surface area (Å²) in [6, 6.07) is 7.67. The minimum atomic E-state index is -0.894. The number of carbonyl (C=O) groups is 2. The molecule has 1 atom stereocenters. The van der Waals surface area contributed by atoms with Gasteiger partial charge in [0.25, 0.3) is 0 Å². The molecule has 1 aliphatic carbocycles. The summed E-state index contributed by atoms with van der Waals surface area (Å²) in [4.78, 5) is 33.4. The summed E-state index contributed by atoms with van der Waals surface area (Å²) in [6.07, 6.45) is 4.08. The molecule has 0 aliphatic heterocycles. The average Bonchev–Trinajstić information content (AvgIpc) is 2.75. The SMILES string of the molecule is CCC(=O)C(Br)C(=O)c1nc2c(nc1NCc1ccc(OC)cc1)CCCC2. The molecule has 0 bridgehead atoms. The zero-order valence-electron chi connectivity index (χ0n) is 16.1. The van der Waals surface area contributed by atoms with Crippen LogP contribution in [-0.2, 0) is 24.2 Å². The highest BCUT2D eigenvalue weighted by atomic mass is 79.9. The van der Waals surface area contributed by atoms with Crippen LogP contribution in [0.2, 0.25) is 0 Å². The number of methoxy groups -OCH3 is 1. The number of rotatable bonds is 8. The Morgan fingerprint density at radius 1 is 1.14 bits per heavy atom. The molecule has 0 saturated carbocycles. The van der Waals surface area contributed by atoms with E-state index in [4.69, 9.17) is 9.72 Å². The summed E-state index contributed by atoms with van der Waals surface area (Å²) in [6.45, 7) is 2.23. The van der Waals surface area contributed by atoms with Crippen LogP contribution >= 0.6 is 15.9 Å². The van der Waals surface area contributed by atoms with E-state index in [1.54, 1.807) is 14.0 Å². The number of alkyl halides is 1. The number of aryl methyl sites for hydroxylation is 2. The molecule has 0 spiro atoms. The number of aromatic nitrogens is 2. The number of hydrogen-bond acceptors (Lipinski definition) is 6. The van der Waals surface area contributed by atoms with Crippen molar-refractivity contribution in [2.75, 3.05) is 12.4 Å². The van der Waals surface area contributed by atoms with Crippen molar-refractivity contribution in [2.45, 2.75) is 50.4 Å². The lowest BCUT2D eigenvalue weighted by Crippen LogP contribution is -2.27. The van der Waals surface area contributed by atoms with Crippen molar-refractivity contribution in [3.8, 4) is 5.75 Å². The average molecular weight is 446 g/mol. The summed E-state index contributed by atoms with van der Waals surface area (Å²) >= 11 is 3.24. The zero-order valence-corrected chi connectivity index (χ0v) is 17.7. The molecule has 0 saturated heterocycles. The van der Waals surface area contributed by atoms with Gasteiger partial charge in [0.05, 0.1) is 18.5 Å². The first kappa shape index (κ1) is 20.5. The van der Waals surface area contributed by atoms with Gasteiger partial charge in [-0.1, -0.05) is 35.0 Å². The molecule has 6 nitrogen and oxygen atoms in total. The number of carbonyl (C=O) groups excluding carboxylic acids is 2. The van der Waals surface area contributed by atoms with Crippen LogP contribution in [0.25, 0.3) is 0 Å². The Hall–Kier alpha value is -2.28. The van der Waals surface area contributed by atoms with Crippen molar-refractivity contribution in [2.24, 2.45) is 0 Å². The Balaban J connectivity index is 1.88. The number of benzene rings is 1. The first-order valence-corrected chi connectivity index (χ1v) is 10.4. The van der Waals surface area contributed by atoms with E-state index in [0.717, 1.165) is 48.4 Å². The number of anilines is 1. The molecular formula is C21H24BrN3O3. The number of hydrogen-bond donors (Lipinski definition) is 1. The monoisotopic (exact) mass is 445 g/mol. The highest BCUT2D eigenvalue weighted by Gasteiger charge is 2.29. The topological polar surface area (TPSA) is 81.2 Å². The fourth-order valence-electron chi connectivity index (χ4n) is 3.16. The van der Waals surface area contributed by atoms with Gasteiger partial charge in [-0.25, -0.2) is 9.97 Å². The molecule has 1 N–H and O–H groups in total. The number of Topliss-reactive ketones (excluding diaryl/α,β-unsaturated/α-hetero) is 2. The van der Waals surface area contributed by atoms with E-state index < -0.39 is 4.83 Å². The number of fused-ring (bicyclic) bond motifs is 1. The van der Waals surface area contributed by atoms with Gasteiger partial charge in [-0.05, 0) is 43.4 Å². The molecule has 0 radical (unpaired) electrons. The van der Waals surface area contributed by atoms with Gasteiger partial charge >= 0.3 is 0 Å². The quantitative estimate of drug-likeness (QED) is 0.376. The summed E-state index contributed by atoms with van der Waals surface area (Å²) in [5.41, 5.74) is 3.07. The molecule has 1 aromatic heterocycles. The zero-order chi connectivity index (χ0) is 20.1. The predicted octanol–water partition coefficient (Wildman–Crippen LogP) is 3.90. The maximum atomic E-state index is 12.9. The number of nitrogens with zero attached hydrogens (tertiary/aromatic N) is 2. The normalized spacial score (nSPS) is 14.1. The van der Waals surface area contributed by atoms with Gasteiger partial charge in [-0.3, -0.25) is 9.59 Å². The molecule has 2 aromatic rings. The van der Waals surface area contributed by atoms with Crippen LogP contribution in [0.15, 0.2) is 24.3 Å². The van der Waals surface area contributed by atoms with Crippen LogP contribution in [0, 0.1) is 0 Å². The van der Waals surface area contributed by atoms with Crippen molar-refractivity contribution in [1.29, 1.82) is 0 Å². The third kappa shape index (κ3) is 4.58. The third-order valence-electron chi connectivity index (χ3n) is 4.84. The third-order valence-corrected chi connectivity index (χ3v) is 5.77. The number of ketones is 2. The maximum Gasteiger partial charge on any atom is 0.206 e. The summed E-state index contributed by atoms with van der Waals surface area (Å²) in [5.74, 6) is 0.721. The Bertz CT molecular complexity index is 868. The van der Waals surface area contributed by atoms with Crippen LogP contribution in [-0.4, -0.2) is 33.5 Å². The minimum Gasteiger partial charge on any atom is -0.497 e. The van der Waals surface area contributed by atoms with Crippen LogP contribution in [0.4, 0.5) is 5.82 Å². The van der Waals surface area contributed by atoms with Gasteiger partial charge in [-0.2, -0.15) is 0 Å². The van der Waals surface area contributed by atoms with Gasteiger partial charge < -0.3 is 10.1 Å². The van der Waals surface area contributed by atoms with Crippen LogP contribution in [0.5, 0.6) is 5.75 Å². The smallest absolute Gasteiger partial charge is 0.206 e. The van der Waals surface area contributed by atoms with Gasteiger partial charge in [0.15, 0.2) is 17.3 Å². The number of ether oxygens (including phenoxy) is 1. The minimum absolute atomic E-state index is 0.161. The van der Waals surface area contributed by atoms with E-state index >= 15 is 0 Å². The van der Waals surface area contributed by atoms with Gasteiger partial charge in [0.1, 0.15) is 10.6 Å². The molecule has 3 rings (SSSR count). The molecule has 1 heterocycles. The lowest BCUT2D eigenvalue weighted by molar-refractivity contribution is -0.117. The van der Waals surface area contributed by atoms with Gasteiger partial charge in [0.2, 0.25) is 5.78 Å². The van der Waals surface area contributed by atoms with Crippen LogP contribution in [0.3, 0.4) is 0 Å². The van der Waals surface area contributed by atoms with Crippen molar-refractivity contribution >= 4 is 33.3 Å². The Labute approximate surface area is 173 Å². The molecule has 1 aliphatic rings. The van der Waals surface area contributed by atoms with Crippen LogP contribution < -0.4 is 10.1 Å². The molecule has 7 heteroatoms. The van der Waals surface area contributed by atoms with Crippen molar-refractivity contribution in [3.63, 3.8) is 0 Å². The first-order valence-electron chi connectivity index (χ1n) is 9.51. The second-order valence-electron chi connectivity index (χ2n) is 6.77. The fourth-order valence-corrected chi connectivity index (χ4v) is 3.70. The van der Waals surface area contributed by atoms with Gasteiger partial charge in [-0.15, -0.1) is 0 Å². The molecule has 1 unspecified atom stereocenters. The highest BCUT2D eigenvalue weighted by molar-refractivity contribution is 9.10. The molecule has 148 valence electrons. The summed E-state index contributed by atoms with van der Waals surface area (Å²) < 4.78 is 5.18. The van der Waals surface area contributed by atoms with E-state index in [9.17, 15) is 9.59 Å². The van der Waals surface area contributed by atoms with Crippen LogP contribution in [0.1, 0.15) is 53.6 Å². The Morgan fingerprint density at radius 2 is 1.79 bits per heavy atom. The van der Waals surface area contributed by atoms with E-state index in [1.165, 1.54) is 0 Å². The van der Waals surface area contributed by atoms with Crippen molar-refractivity contribution in [3.05, 3.63) is 46.9 Å². The lowest BCUT2D eigenvalue weighted by Gasteiger charge is -2.19. The van der Waals surface area contributed by atoms with E-state index in [-0.39, 0.29) is 23.7 Å². The summed E-state index contributed by atoms with van der Waals surface area (Å²) in [7, 11) is 1.63. The highest BCUT2D eigenvalue weighted by Crippen LogP contribution is 2.25. The fraction of sp³-hybridized carbons (Fsp3) is 0.429. The van der Waals surface area contributed by atoms with E-state index in [0.29, 0.717) is 12.4 Å². The standard InChI is InChI=1S/C21H24BrN3O3/c1-3-17(26)18(22)20(27)19-21(25-16-7-5-4-6-15(16)24-19)23-12-13-8-10-14(28-2)11-9-13/h8-11,18H,3-7,12H2,1-2H3,(H,23,25). The molecular weight excluding hydrogens is 422 g/mol. The maximum absolute atomic E-state index is 12.9. The largest absolute Gasteiger partial charge is 0.497 e. The molecule has 28 heavy (non-hydrogen) atoms. The number of nitrogens with one attached hydrogen (secondary N) is 1. The van der Waals surface area contributed by atoms with Crippen molar-refractivity contribution in [1.82, 2.24) is 9.97 Å². The lowest BCUT2D eigenvalue weighted by atomic mass is 9.99.